The minimum absolute atomic E-state index is 0.0646. The second-order valence-corrected chi connectivity index (χ2v) is 4.82. The van der Waals surface area contributed by atoms with Gasteiger partial charge in [0.2, 0.25) is 0 Å². The second-order valence-electron chi connectivity index (χ2n) is 4.82. The van der Waals surface area contributed by atoms with Crippen molar-refractivity contribution < 1.29 is 8.78 Å². The van der Waals surface area contributed by atoms with Gasteiger partial charge in [-0.25, -0.2) is 0 Å². The minimum atomic E-state index is -2.81. The zero-order valence-corrected chi connectivity index (χ0v) is 11.3. The molecule has 0 bridgehead atoms. The first-order valence-electron chi connectivity index (χ1n) is 6.28. The molecule has 0 aliphatic carbocycles. The van der Waals surface area contributed by atoms with Crippen molar-refractivity contribution in [3.8, 4) is 0 Å². The Labute approximate surface area is 108 Å². The number of nitrogens with one attached hydrogen (secondary N) is 1. The van der Waals surface area contributed by atoms with Gasteiger partial charge < -0.3 is 10.2 Å². The van der Waals surface area contributed by atoms with Gasteiger partial charge in [0.25, 0.3) is 5.92 Å². The van der Waals surface area contributed by atoms with E-state index in [4.69, 9.17) is 0 Å². The molecule has 0 aliphatic rings. The summed E-state index contributed by atoms with van der Waals surface area (Å²) < 4.78 is 27.5. The predicted octanol–water partition coefficient (Wildman–Crippen LogP) is 2.71. The van der Waals surface area contributed by atoms with Gasteiger partial charge in [-0.1, -0.05) is 30.3 Å². The Kier molecular flexibility index (Phi) is 5.69. The molecule has 0 fully saturated rings. The fraction of sp³-hybridized carbons (Fsp3) is 0.571. The third-order valence-corrected chi connectivity index (χ3v) is 3.07. The van der Waals surface area contributed by atoms with Crippen LogP contribution in [0.15, 0.2) is 30.3 Å². The van der Waals surface area contributed by atoms with Gasteiger partial charge in [-0.15, -0.1) is 0 Å². The summed E-state index contributed by atoms with van der Waals surface area (Å²) in [4.78, 5) is 2.12. The summed E-state index contributed by atoms with van der Waals surface area (Å²) >= 11 is 0. The molecule has 1 aromatic carbocycles. The van der Waals surface area contributed by atoms with Crippen LogP contribution in [0.1, 0.15) is 19.4 Å². The number of rotatable bonds is 7. The molecule has 1 rings (SSSR count). The molecule has 4 heteroatoms. The molecule has 0 aliphatic heterocycles. The number of hydrogen-bond acceptors (Lipinski definition) is 2. The summed E-state index contributed by atoms with van der Waals surface area (Å²) in [5.74, 6) is -2.81. The normalized spacial score (nSPS) is 12.4. The standard InChI is InChI=1S/C14H22F2N2/c1-12(2)18(3)10-9-17-11-14(15,16)13-7-5-4-6-8-13/h4-8,12,17H,9-11H2,1-3H3. The van der Waals surface area contributed by atoms with Crippen molar-refractivity contribution in [3.05, 3.63) is 35.9 Å². The van der Waals surface area contributed by atoms with E-state index >= 15 is 0 Å². The van der Waals surface area contributed by atoms with E-state index in [1.54, 1.807) is 18.2 Å². The van der Waals surface area contributed by atoms with Crippen molar-refractivity contribution in [1.82, 2.24) is 10.2 Å². The Balaban J connectivity index is 2.35. The van der Waals surface area contributed by atoms with Gasteiger partial charge in [-0.3, -0.25) is 0 Å². The maximum Gasteiger partial charge on any atom is 0.285 e. The number of likely N-dealkylation sites (N-methyl/N-ethyl adjacent to an activating group) is 1. The lowest BCUT2D eigenvalue weighted by Gasteiger charge is -2.22. The Bertz CT molecular complexity index is 339. The van der Waals surface area contributed by atoms with Crippen molar-refractivity contribution >= 4 is 0 Å². The monoisotopic (exact) mass is 256 g/mol. The highest BCUT2D eigenvalue weighted by molar-refractivity contribution is 5.20. The molecule has 0 radical (unpaired) electrons. The predicted molar refractivity (Wildman–Crippen MR) is 71.0 cm³/mol. The third-order valence-electron chi connectivity index (χ3n) is 3.07. The topological polar surface area (TPSA) is 15.3 Å². The fourth-order valence-corrected chi connectivity index (χ4v) is 1.54. The van der Waals surface area contributed by atoms with E-state index in [0.29, 0.717) is 12.6 Å². The number of alkyl halides is 2. The first-order chi connectivity index (χ1) is 8.43. The van der Waals surface area contributed by atoms with Gasteiger partial charge in [0, 0.05) is 24.7 Å². The molecule has 18 heavy (non-hydrogen) atoms. The van der Waals surface area contributed by atoms with Crippen LogP contribution in [-0.4, -0.2) is 37.6 Å². The van der Waals surface area contributed by atoms with E-state index in [0.717, 1.165) is 6.54 Å². The molecular weight excluding hydrogens is 234 g/mol. The molecule has 1 N–H and O–H groups in total. The van der Waals surface area contributed by atoms with Gasteiger partial charge >= 0.3 is 0 Å². The highest BCUT2D eigenvalue weighted by atomic mass is 19.3. The van der Waals surface area contributed by atoms with E-state index in [-0.39, 0.29) is 12.1 Å². The molecule has 2 nitrogen and oxygen atoms in total. The van der Waals surface area contributed by atoms with Crippen LogP contribution in [0.3, 0.4) is 0 Å². The quantitative estimate of drug-likeness (QED) is 0.755. The lowest BCUT2D eigenvalue weighted by molar-refractivity contribution is -0.00340. The number of nitrogens with zero attached hydrogens (tertiary/aromatic N) is 1. The van der Waals surface area contributed by atoms with E-state index in [1.165, 1.54) is 12.1 Å². The minimum Gasteiger partial charge on any atom is -0.310 e. The molecule has 102 valence electrons. The Morgan fingerprint density at radius 1 is 1.22 bits per heavy atom. The Morgan fingerprint density at radius 3 is 2.39 bits per heavy atom. The highest BCUT2D eigenvalue weighted by Gasteiger charge is 2.30. The summed E-state index contributed by atoms with van der Waals surface area (Å²) in [6, 6.07) is 8.36. The molecule has 0 heterocycles. The summed E-state index contributed by atoms with van der Waals surface area (Å²) in [5, 5.41) is 2.82. The molecule has 0 saturated heterocycles. The summed E-state index contributed by atoms with van der Waals surface area (Å²) in [6.45, 7) is 5.18. The van der Waals surface area contributed by atoms with E-state index in [2.05, 4.69) is 24.1 Å². The molecule has 0 unspecified atom stereocenters. The van der Waals surface area contributed by atoms with Crippen molar-refractivity contribution in [1.29, 1.82) is 0 Å². The molecule has 0 amide bonds. The molecule has 0 saturated carbocycles. The van der Waals surface area contributed by atoms with E-state index in [9.17, 15) is 8.78 Å². The molecule has 0 spiro atoms. The molecule has 1 aromatic rings. The lowest BCUT2D eigenvalue weighted by atomic mass is 10.1. The van der Waals surface area contributed by atoms with Crippen LogP contribution in [0.2, 0.25) is 0 Å². The van der Waals surface area contributed by atoms with Crippen molar-refractivity contribution in [3.63, 3.8) is 0 Å². The lowest BCUT2D eigenvalue weighted by Crippen LogP contribution is -2.37. The van der Waals surface area contributed by atoms with E-state index < -0.39 is 5.92 Å². The smallest absolute Gasteiger partial charge is 0.285 e. The van der Waals surface area contributed by atoms with Crippen molar-refractivity contribution in [2.75, 3.05) is 26.7 Å². The average Bonchev–Trinajstić information content (AvgIpc) is 2.35. The van der Waals surface area contributed by atoms with Gasteiger partial charge in [0.15, 0.2) is 0 Å². The average molecular weight is 256 g/mol. The fourth-order valence-electron chi connectivity index (χ4n) is 1.54. The van der Waals surface area contributed by atoms with Crippen LogP contribution in [0, 0.1) is 0 Å². The third kappa shape index (κ3) is 4.70. The maximum atomic E-state index is 13.8. The zero-order chi connectivity index (χ0) is 13.6. The van der Waals surface area contributed by atoms with Gasteiger partial charge in [-0.05, 0) is 20.9 Å². The van der Waals surface area contributed by atoms with Crippen LogP contribution < -0.4 is 5.32 Å². The number of hydrogen-bond donors (Lipinski definition) is 1. The Hall–Kier alpha value is -1.00. The van der Waals surface area contributed by atoms with Crippen LogP contribution in [0.4, 0.5) is 8.78 Å². The van der Waals surface area contributed by atoms with Gasteiger partial charge in [0.05, 0.1) is 6.54 Å². The van der Waals surface area contributed by atoms with Crippen LogP contribution in [0.5, 0.6) is 0 Å². The van der Waals surface area contributed by atoms with Crippen LogP contribution in [-0.2, 0) is 5.92 Å². The first kappa shape index (κ1) is 15.1. The first-order valence-corrected chi connectivity index (χ1v) is 6.28. The zero-order valence-electron chi connectivity index (χ0n) is 11.3. The molecule has 0 atom stereocenters. The van der Waals surface area contributed by atoms with Crippen LogP contribution in [0.25, 0.3) is 0 Å². The summed E-state index contributed by atoms with van der Waals surface area (Å²) in [6.07, 6.45) is 0. The number of halogens is 2. The largest absolute Gasteiger partial charge is 0.310 e. The molecule has 0 aromatic heterocycles. The number of benzene rings is 1. The summed E-state index contributed by atoms with van der Waals surface area (Å²) in [7, 11) is 1.99. The van der Waals surface area contributed by atoms with Crippen molar-refractivity contribution in [2.24, 2.45) is 0 Å². The van der Waals surface area contributed by atoms with Gasteiger partial charge in [0.1, 0.15) is 0 Å². The SMILES string of the molecule is CC(C)N(C)CCNCC(F)(F)c1ccccc1. The van der Waals surface area contributed by atoms with Crippen molar-refractivity contribution in [2.45, 2.75) is 25.8 Å². The van der Waals surface area contributed by atoms with Gasteiger partial charge in [-0.2, -0.15) is 8.78 Å². The highest BCUT2D eigenvalue weighted by Crippen LogP contribution is 2.26. The summed E-state index contributed by atoms with van der Waals surface area (Å²) in [5.41, 5.74) is 0.0646. The van der Waals surface area contributed by atoms with E-state index in [1.807, 2.05) is 7.05 Å². The maximum absolute atomic E-state index is 13.8. The Morgan fingerprint density at radius 2 is 1.83 bits per heavy atom. The molecular formula is C14H22F2N2. The second kappa shape index (κ2) is 6.81. The van der Waals surface area contributed by atoms with Crippen LogP contribution >= 0.6 is 0 Å².